The molecule has 0 saturated heterocycles. The molecule has 0 aliphatic heterocycles. The second-order valence-corrected chi connectivity index (χ2v) is 7.55. The van der Waals surface area contributed by atoms with Crippen molar-refractivity contribution < 1.29 is 9.72 Å². The average Bonchev–Trinajstić information content (AvgIpc) is 2.55. The number of carbonyl (C=O) groups excluding carboxylic acids is 1. The lowest BCUT2D eigenvalue weighted by atomic mass is 10.1. The Balaban J connectivity index is 2.28. The molecule has 9 heteroatoms. The molecule has 1 amide bonds. The van der Waals surface area contributed by atoms with Crippen LogP contribution in [-0.4, -0.2) is 20.8 Å². The lowest BCUT2D eigenvalue weighted by Crippen LogP contribution is -2.49. The van der Waals surface area contributed by atoms with Crippen LogP contribution in [0.15, 0.2) is 48.5 Å². The average molecular weight is 403 g/mol. The minimum Gasteiger partial charge on any atom is -0.362 e. The fourth-order valence-electron chi connectivity index (χ4n) is 2.12. The molecule has 0 spiro atoms. The zero-order chi connectivity index (χ0) is 18.6. The maximum atomic E-state index is 12.5. The van der Waals surface area contributed by atoms with Gasteiger partial charge in [0.2, 0.25) is 3.79 Å². The van der Waals surface area contributed by atoms with E-state index in [4.69, 9.17) is 34.8 Å². The Hall–Kier alpha value is -2.02. The maximum Gasteiger partial charge on any atom is 0.282 e. The summed E-state index contributed by atoms with van der Waals surface area (Å²) < 4.78 is -1.89. The van der Waals surface area contributed by atoms with Gasteiger partial charge in [0.1, 0.15) is 11.7 Å². The predicted octanol–water partition coefficient (Wildman–Crippen LogP) is 4.44. The Morgan fingerprint density at radius 1 is 1.12 bits per heavy atom. The first kappa shape index (κ1) is 19.3. The van der Waals surface area contributed by atoms with Crippen LogP contribution in [0.4, 0.5) is 11.4 Å². The smallest absolute Gasteiger partial charge is 0.282 e. The summed E-state index contributed by atoms with van der Waals surface area (Å²) in [7, 11) is 0. The van der Waals surface area contributed by atoms with E-state index in [2.05, 4.69) is 10.6 Å². The number of alkyl halides is 3. The summed E-state index contributed by atoms with van der Waals surface area (Å²) >= 11 is 17.9. The summed E-state index contributed by atoms with van der Waals surface area (Å²) in [5.41, 5.74) is 1.07. The van der Waals surface area contributed by atoms with Gasteiger partial charge in [-0.2, -0.15) is 0 Å². The van der Waals surface area contributed by atoms with E-state index in [-0.39, 0.29) is 11.3 Å². The Kier molecular flexibility index (Phi) is 6.11. The van der Waals surface area contributed by atoms with Crippen molar-refractivity contribution in [3.8, 4) is 0 Å². The van der Waals surface area contributed by atoms with Crippen molar-refractivity contribution in [2.45, 2.75) is 16.9 Å². The van der Waals surface area contributed by atoms with Gasteiger partial charge in [0, 0.05) is 11.8 Å². The number of hydrogen-bond donors (Lipinski definition) is 2. The fraction of sp³-hybridized carbons (Fsp3) is 0.188. The molecule has 0 fully saturated rings. The van der Waals surface area contributed by atoms with Gasteiger partial charge in [0.15, 0.2) is 0 Å². The highest BCUT2D eigenvalue weighted by Crippen LogP contribution is 2.32. The molecule has 0 aliphatic carbocycles. The number of nitrogens with zero attached hydrogens (tertiary/aromatic N) is 1. The molecular weight excluding hydrogens is 389 g/mol. The van der Waals surface area contributed by atoms with E-state index in [0.29, 0.717) is 5.69 Å². The number of nitro benzene ring substituents is 1. The molecule has 0 heterocycles. The highest BCUT2D eigenvalue weighted by atomic mass is 35.6. The summed E-state index contributed by atoms with van der Waals surface area (Å²) in [6, 6.07) is 12.8. The molecule has 0 bridgehead atoms. The number of halogens is 3. The number of nitrogens with one attached hydrogen (secondary N) is 2. The van der Waals surface area contributed by atoms with E-state index in [9.17, 15) is 14.9 Å². The summed E-state index contributed by atoms with van der Waals surface area (Å²) in [6.45, 7) is 1.85. The summed E-state index contributed by atoms with van der Waals surface area (Å²) in [4.78, 5) is 22.9. The van der Waals surface area contributed by atoms with Gasteiger partial charge in [0.25, 0.3) is 11.6 Å². The Labute approximate surface area is 159 Å². The van der Waals surface area contributed by atoms with Crippen molar-refractivity contribution in [2.24, 2.45) is 0 Å². The van der Waals surface area contributed by atoms with Gasteiger partial charge in [-0.05, 0) is 24.6 Å². The van der Waals surface area contributed by atoms with Crippen LogP contribution < -0.4 is 10.6 Å². The van der Waals surface area contributed by atoms with E-state index in [1.807, 2.05) is 19.1 Å². The van der Waals surface area contributed by atoms with E-state index in [1.165, 1.54) is 24.3 Å². The second kappa shape index (κ2) is 7.91. The summed E-state index contributed by atoms with van der Waals surface area (Å²) in [5, 5.41) is 16.5. The number of carbonyl (C=O) groups is 1. The van der Waals surface area contributed by atoms with Gasteiger partial charge in [-0.15, -0.1) is 0 Å². The minimum atomic E-state index is -1.89. The number of anilines is 1. The number of nitro groups is 1. The van der Waals surface area contributed by atoms with Crippen molar-refractivity contribution in [3.05, 3.63) is 69.8 Å². The van der Waals surface area contributed by atoms with E-state index in [1.54, 1.807) is 12.1 Å². The van der Waals surface area contributed by atoms with Gasteiger partial charge in [-0.1, -0.05) is 65.1 Å². The zero-order valence-electron chi connectivity index (χ0n) is 13.0. The van der Waals surface area contributed by atoms with Crippen molar-refractivity contribution in [2.75, 3.05) is 5.32 Å². The SMILES string of the molecule is Cc1ccccc1N[C@H](NC(=O)c1ccccc1[N+](=O)[O-])C(Cl)(Cl)Cl. The van der Waals surface area contributed by atoms with Crippen molar-refractivity contribution in [3.63, 3.8) is 0 Å². The standard InChI is InChI=1S/C16H14Cl3N3O3/c1-10-6-2-4-8-12(10)20-15(16(17,18)19)21-14(23)11-7-3-5-9-13(11)22(24)25/h2-9,15,20H,1H3,(H,21,23)/t15-/m1/s1. The number of rotatable bonds is 5. The molecule has 2 aromatic carbocycles. The molecule has 2 rings (SSSR count). The fourth-order valence-corrected chi connectivity index (χ4v) is 2.45. The molecule has 1 atom stereocenters. The van der Waals surface area contributed by atoms with E-state index in [0.717, 1.165) is 5.56 Å². The third kappa shape index (κ3) is 4.98. The number of aryl methyl sites for hydroxylation is 1. The van der Waals surface area contributed by atoms with Gasteiger partial charge < -0.3 is 10.6 Å². The maximum absolute atomic E-state index is 12.5. The van der Waals surface area contributed by atoms with Crippen molar-refractivity contribution in [1.82, 2.24) is 5.32 Å². The number of benzene rings is 2. The number of amides is 1. The first-order valence-corrected chi connectivity index (χ1v) is 8.26. The van der Waals surface area contributed by atoms with Crippen molar-refractivity contribution >= 4 is 52.1 Å². The van der Waals surface area contributed by atoms with Gasteiger partial charge in [0.05, 0.1) is 4.92 Å². The molecule has 0 aromatic heterocycles. The highest BCUT2D eigenvalue weighted by molar-refractivity contribution is 6.68. The minimum absolute atomic E-state index is 0.127. The van der Waals surface area contributed by atoms with Crippen LogP contribution in [0.5, 0.6) is 0 Å². The molecule has 0 radical (unpaired) electrons. The van der Waals surface area contributed by atoms with Crippen LogP contribution in [-0.2, 0) is 0 Å². The first-order chi connectivity index (χ1) is 11.7. The third-order valence-electron chi connectivity index (χ3n) is 3.39. The van der Waals surface area contributed by atoms with Crippen molar-refractivity contribution in [1.29, 1.82) is 0 Å². The van der Waals surface area contributed by atoms with Crippen LogP contribution in [0, 0.1) is 17.0 Å². The number of para-hydroxylation sites is 2. The van der Waals surface area contributed by atoms with Crippen LogP contribution in [0.3, 0.4) is 0 Å². The molecule has 2 aromatic rings. The first-order valence-electron chi connectivity index (χ1n) is 7.13. The monoisotopic (exact) mass is 401 g/mol. The number of hydrogen-bond acceptors (Lipinski definition) is 4. The zero-order valence-corrected chi connectivity index (χ0v) is 15.3. The predicted molar refractivity (Wildman–Crippen MR) is 99.4 cm³/mol. The van der Waals surface area contributed by atoms with Crippen LogP contribution in [0.25, 0.3) is 0 Å². The second-order valence-electron chi connectivity index (χ2n) is 5.18. The molecule has 0 unspecified atom stereocenters. The largest absolute Gasteiger partial charge is 0.362 e. The Morgan fingerprint density at radius 3 is 2.32 bits per heavy atom. The van der Waals surface area contributed by atoms with E-state index < -0.39 is 20.8 Å². The molecule has 0 saturated carbocycles. The molecule has 25 heavy (non-hydrogen) atoms. The summed E-state index contributed by atoms with van der Waals surface area (Å²) in [6.07, 6.45) is -1.11. The lowest BCUT2D eigenvalue weighted by Gasteiger charge is -2.28. The molecule has 2 N–H and O–H groups in total. The van der Waals surface area contributed by atoms with Gasteiger partial charge in [-0.3, -0.25) is 14.9 Å². The topological polar surface area (TPSA) is 84.3 Å². The highest BCUT2D eigenvalue weighted by Gasteiger charge is 2.35. The van der Waals surface area contributed by atoms with Crippen LogP contribution >= 0.6 is 34.8 Å². The Morgan fingerprint density at radius 2 is 1.72 bits per heavy atom. The summed E-state index contributed by atoms with van der Waals surface area (Å²) in [5.74, 6) is -0.732. The molecular formula is C16H14Cl3N3O3. The Bertz CT molecular complexity index is 793. The van der Waals surface area contributed by atoms with Crippen LogP contribution in [0.1, 0.15) is 15.9 Å². The van der Waals surface area contributed by atoms with Crippen LogP contribution in [0.2, 0.25) is 0 Å². The van der Waals surface area contributed by atoms with Gasteiger partial charge >= 0.3 is 0 Å². The molecule has 0 aliphatic rings. The lowest BCUT2D eigenvalue weighted by molar-refractivity contribution is -0.385. The molecule has 6 nitrogen and oxygen atoms in total. The van der Waals surface area contributed by atoms with Gasteiger partial charge in [-0.25, -0.2) is 0 Å². The normalized spacial score (nSPS) is 12.3. The quantitative estimate of drug-likeness (QED) is 0.335. The molecule has 132 valence electrons. The third-order valence-corrected chi connectivity index (χ3v) is 4.05. The van der Waals surface area contributed by atoms with E-state index >= 15 is 0 Å².